The lowest BCUT2D eigenvalue weighted by atomic mass is 9.98. The number of fused-ring (bicyclic) bond motifs is 1. The van der Waals surface area contributed by atoms with Crippen molar-refractivity contribution in [1.29, 1.82) is 0 Å². The van der Waals surface area contributed by atoms with Crippen LogP contribution in [0.2, 0.25) is 5.02 Å². The summed E-state index contributed by atoms with van der Waals surface area (Å²) in [7, 11) is 1.61. The Balaban J connectivity index is 1.39. The van der Waals surface area contributed by atoms with Crippen LogP contribution < -0.4 is 15.2 Å². The predicted octanol–water partition coefficient (Wildman–Crippen LogP) is 5.23. The van der Waals surface area contributed by atoms with Crippen LogP contribution in [0.1, 0.15) is 27.2 Å². The fourth-order valence-electron chi connectivity index (χ4n) is 4.64. The van der Waals surface area contributed by atoms with Gasteiger partial charge in [0.25, 0.3) is 5.56 Å². The van der Waals surface area contributed by atoms with Gasteiger partial charge in [0.1, 0.15) is 23.7 Å². The number of carbonyl (C=O) groups is 1. The van der Waals surface area contributed by atoms with Gasteiger partial charge in [0, 0.05) is 35.8 Å². The SMILES string of the molecule is COc1cc(-n2cnn3cc(-c4ccc(Cl)cc4)cc3c2=O)ccc1N1CC[C@@H](OC(=O)[C@@H](C)C(C)C)C1. The van der Waals surface area contributed by atoms with Gasteiger partial charge in [-0.25, -0.2) is 4.52 Å². The number of esters is 1. The normalized spacial score (nSPS) is 16.3. The van der Waals surface area contributed by atoms with E-state index in [1.165, 1.54) is 10.9 Å². The van der Waals surface area contributed by atoms with Crippen molar-refractivity contribution in [1.82, 2.24) is 14.2 Å². The number of halogens is 1. The molecule has 4 aromatic rings. The maximum Gasteiger partial charge on any atom is 0.309 e. The van der Waals surface area contributed by atoms with Gasteiger partial charge in [-0.3, -0.25) is 14.2 Å². The molecule has 1 aliphatic rings. The zero-order valence-electron chi connectivity index (χ0n) is 21.9. The van der Waals surface area contributed by atoms with E-state index in [2.05, 4.69) is 10.00 Å². The molecule has 3 heterocycles. The van der Waals surface area contributed by atoms with Crippen LogP contribution in [-0.4, -0.2) is 46.5 Å². The first-order valence-corrected chi connectivity index (χ1v) is 13.1. The summed E-state index contributed by atoms with van der Waals surface area (Å²) < 4.78 is 14.6. The molecule has 0 saturated carbocycles. The molecule has 1 fully saturated rings. The van der Waals surface area contributed by atoms with Crippen molar-refractivity contribution >= 4 is 28.8 Å². The molecule has 2 aromatic carbocycles. The topological polar surface area (TPSA) is 78.1 Å². The second-order valence-electron chi connectivity index (χ2n) is 10.1. The molecule has 0 radical (unpaired) electrons. The number of carbonyl (C=O) groups excluding carboxylic acids is 1. The lowest BCUT2D eigenvalue weighted by Crippen LogP contribution is -2.28. The van der Waals surface area contributed by atoms with E-state index in [9.17, 15) is 9.59 Å². The van der Waals surface area contributed by atoms with Crippen molar-refractivity contribution in [3.05, 3.63) is 76.4 Å². The minimum atomic E-state index is -0.192. The average molecular weight is 535 g/mol. The molecule has 0 spiro atoms. The minimum Gasteiger partial charge on any atom is -0.495 e. The van der Waals surface area contributed by atoms with Crippen molar-refractivity contribution in [3.8, 4) is 22.6 Å². The van der Waals surface area contributed by atoms with Crippen molar-refractivity contribution in [2.75, 3.05) is 25.1 Å². The molecule has 2 atom stereocenters. The predicted molar refractivity (Wildman–Crippen MR) is 148 cm³/mol. The zero-order chi connectivity index (χ0) is 27.0. The van der Waals surface area contributed by atoms with Gasteiger partial charge in [0.2, 0.25) is 0 Å². The van der Waals surface area contributed by atoms with Crippen molar-refractivity contribution in [3.63, 3.8) is 0 Å². The smallest absolute Gasteiger partial charge is 0.309 e. The van der Waals surface area contributed by atoms with E-state index in [-0.39, 0.29) is 29.5 Å². The zero-order valence-corrected chi connectivity index (χ0v) is 22.7. The minimum absolute atomic E-state index is 0.134. The maximum atomic E-state index is 13.4. The number of ether oxygens (including phenoxy) is 2. The Labute approximate surface area is 226 Å². The first-order valence-electron chi connectivity index (χ1n) is 12.7. The number of nitrogens with zero attached hydrogens (tertiary/aromatic N) is 4. The van der Waals surface area contributed by atoms with Gasteiger partial charge < -0.3 is 14.4 Å². The first kappa shape index (κ1) is 25.9. The van der Waals surface area contributed by atoms with Crippen LogP contribution in [0.3, 0.4) is 0 Å². The molecule has 0 bridgehead atoms. The molecule has 5 rings (SSSR count). The van der Waals surface area contributed by atoms with Crippen LogP contribution in [0.5, 0.6) is 5.75 Å². The van der Waals surface area contributed by atoms with E-state index in [0.29, 0.717) is 28.5 Å². The first-order chi connectivity index (χ1) is 18.2. The Hall–Kier alpha value is -3.78. The van der Waals surface area contributed by atoms with E-state index in [1.54, 1.807) is 11.6 Å². The summed E-state index contributed by atoms with van der Waals surface area (Å²) in [4.78, 5) is 28.0. The fraction of sp³-hybridized carbons (Fsp3) is 0.345. The number of aromatic nitrogens is 3. The molecular weight excluding hydrogens is 504 g/mol. The number of benzene rings is 2. The van der Waals surface area contributed by atoms with E-state index in [4.69, 9.17) is 21.1 Å². The Kier molecular flexibility index (Phi) is 7.17. The molecule has 1 aliphatic heterocycles. The summed E-state index contributed by atoms with van der Waals surface area (Å²) in [6.07, 6.45) is 3.93. The molecule has 0 unspecified atom stereocenters. The number of rotatable bonds is 7. The monoisotopic (exact) mass is 534 g/mol. The Bertz CT molecular complexity index is 1530. The standard InChI is InChI=1S/C29H31ClN4O4/c1-18(2)19(3)29(36)38-24-11-12-32(16-24)25-10-9-23(14-27(25)37-4)33-17-31-34-15-21(13-26(34)28(33)35)20-5-7-22(30)8-6-20/h5-10,13-15,17-19,24H,11-12,16H2,1-4H3/t19-,24+/m0/s1. The van der Waals surface area contributed by atoms with Crippen molar-refractivity contribution in [2.24, 2.45) is 11.8 Å². The lowest BCUT2D eigenvalue weighted by Gasteiger charge is -2.23. The van der Waals surface area contributed by atoms with E-state index >= 15 is 0 Å². The number of anilines is 1. The van der Waals surface area contributed by atoms with Crippen LogP contribution in [0, 0.1) is 11.8 Å². The Morgan fingerprint density at radius 1 is 1.08 bits per heavy atom. The molecular formula is C29H31ClN4O4. The van der Waals surface area contributed by atoms with E-state index in [0.717, 1.165) is 29.8 Å². The number of hydrogen-bond acceptors (Lipinski definition) is 6. The molecule has 8 nitrogen and oxygen atoms in total. The van der Waals surface area contributed by atoms with Gasteiger partial charge in [-0.2, -0.15) is 5.10 Å². The maximum absolute atomic E-state index is 13.4. The second kappa shape index (κ2) is 10.5. The molecule has 9 heteroatoms. The van der Waals surface area contributed by atoms with Gasteiger partial charge in [-0.15, -0.1) is 0 Å². The Morgan fingerprint density at radius 3 is 2.55 bits per heavy atom. The largest absolute Gasteiger partial charge is 0.495 e. The highest BCUT2D eigenvalue weighted by Gasteiger charge is 2.30. The van der Waals surface area contributed by atoms with Gasteiger partial charge in [-0.05, 0) is 41.8 Å². The van der Waals surface area contributed by atoms with Crippen LogP contribution in [0.25, 0.3) is 22.3 Å². The van der Waals surface area contributed by atoms with E-state index in [1.807, 2.05) is 75.5 Å². The van der Waals surface area contributed by atoms with Gasteiger partial charge in [0.15, 0.2) is 0 Å². The number of methoxy groups -OCH3 is 1. The van der Waals surface area contributed by atoms with Gasteiger partial charge >= 0.3 is 5.97 Å². The molecule has 198 valence electrons. The molecule has 0 aliphatic carbocycles. The highest BCUT2D eigenvalue weighted by Crippen LogP contribution is 2.33. The summed E-state index contributed by atoms with van der Waals surface area (Å²) in [5, 5.41) is 5.11. The summed E-state index contributed by atoms with van der Waals surface area (Å²) in [6.45, 7) is 7.29. The quantitative estimate of drug-likeness (QED) is 0.302. The van der Waals surface area contributed by atoms with Crippen molar-refractivity contribution < 1.29 is 14.3 Å². The van der Waals surface area contributed by atoms with Crippen LogP contribution in [-0.2, 0) is 9.53 Å². The molecule has 1 saturated heterocycles. The summed E-state index contributed by atoms with van der Waals surface area (Å²) in [6, 6.07) is 14.9. The number of hydrogen-bond donors (Lipinski definition) is 0. The third-order valence-corrected chi connectivity index (χ3v) is 7.54. The molecule has 2 aromatic heterocycles. The fourth-order valence-corrected chi connectivity index (χ4v) is 4.76. The van der Waals surface area contributed by atoms with Crippen LogP contribution in [0.4, 0.5) is 5.69 Å². The van der Waals surface area contributed by atoms with Gasteiger partial charge in [-0.1, -0.05) is 44.5 Å². The summed E-state index contributed by atoms with van der Waals surface area (Å²) >= 11 is 6.01. The van der Waals surface area contributed by atoms with E-state index < -0.39 is 0 Å². The third kappa shape index (κ3) is 5.00. The lowest BCUT2D eigenvalue weighted by molar-refractivity contribution is -0.153. The second-order valence-corrected chi connectivity index (χ2v) is 10.5. The average Bonchev–Trinajstić information content (AvgIpc) is 3.56. The highest BCUT2D eigenvalue weighted by molar-refractivity contribution is 6.30. The Morgan fingerprint density at radius 2 is 1.84 bits per heavy atom. The van der Waals surface area contributed by atoms with Gasteiger partial charge in [0.05, 0.1) is 30.9 Å². The third-order valence-electron chi connectivity index (χ3n) is 7.29. The molecule has 0 N–H and O–H groups in total. The molecule has 38 heavy (non-hydrogen) atoms. The highest BCUT2D eigenvalue weighted by atomic mass is 35.5. The summed E-state index contributed by atoms with van der Waals surface area (Å²) in [5.41, 5.74) is 3.63. The molecule has 0 amide bonds. The summed E-state index contributed by atoms with van der Waals surface area (Å²) in [5.74, 6) is 0.584. The van der Waals surface area contributed by atoms with Crippen LogP contribution in [0.15, 0.2) is 65.8 Å². The van der Waals surface area contributed by atoms with Crippen LogP contribution >= 0.6 is 11.6 Å². The van der Waals surface area contributed by atoms with Crippen molar-refractivity contribution in [2.45, 2.75) is 33.3 Å².